The summed E-state index contributed by atoms with van der Waals surface area (Å²) >= 11 is 0. The number of nitrogens with one attached hydrogen (secondary N) is 3. The van der Waals surface area contributed by atoms with Crippen molar-refractivity contribution in [2.75, 3.05) is 12.4 Å². The number of rotatable bonds is 2. The lowest BCUT2D eigenvalue weighted by Crippen LogP contribution is -2.45. The van der Waals surface area contributed by atoms with Crippen molar-refractivity contribution in [2.45, 2.75) is 12.3 Å². The van der Waals surface area contributed by atoms with Crippen molar-refractivity contribution < 1.29 is 9.59 Å². The molecule has 1 aliphatic heterocycles. The number of fused-ring (bicyclic) bond motifs is 2. The van der Waals surface area contributed by atoms with Crippen LogP contribution in [0.1, 0.15) is 12.5 Å². The van der Waals surface area contributed by atoms with Crippen LogP contribution in [0, 0.1) is 0 Å². The first kappa shape index (κ1) is 14.2. The largest absolute Gasteiger partial charge is 0.358 e. The molecule has 9 nitrogen and oxygen atoms in total. The monoisotopic (exact) mass is 323 g/mol. The maximum atomic E-state index is 12.3. The number of amides is 2. The minimum absolute atomic E-state index is 0.358. The minimum Gasteiger partial charge on any atom is -0.358 e. The number of hydrogen-bond donors (Lipinski definition) is 3. The normalized spacial score (nSPS) is 19.2. The van der Waals surface area contributed by atoms with Crippen LogP contribution in [0.2, 0.25) is 0 Å². The molecule has 24 heavy (non-hydrogen) atoms. The Morgan fingerprint density at radius 3 is 2.88 bits per heavy atom. The molecule has 1 atom stereocenters. The lowest BCUT2D eigenvalue weighted by atomic mass is 9.82. The van der Waals surface area contributed by atoms with E-state index in [2.05, 4.69) is 35.8 Å². The van der Waals surface area contributed by atoms with Crippen LogP contribution in [-0.2, 0) is 15.0 Å². The fourth-order valence-electron chi connectivity index (χ4n) is 2.90. The Balaban J connectivity index is 1.89. The highest BCUT2D eigenvalue weighted by Crippen LogP contribution is 2.40. The standard InChI is InChI=1S/C15H13N7O2/c1-15(13(23)16-2)7-3-9-10(4-8(7)21-14(15)24)20-12(19-9)11-5-17-6-18-22-11/h3-6H,1-2H3,(H,16,23)(H,19,20)(H,21,24). The second-order valence-corrected chi connectivity index (χ2v) is 5.65. The van der Waals surface area contributed by atoms with Gasteiger partial charge in [-0.25, -0.2) is 9.97 Å². The molecule has 0 saturated carbocycles. The molecule has 0 fully saturated rings. The lowest BCUT2D eigenvalue weighted by molar-refractivity contribution is -0.133. The maximum absolute atomic E-state index is 12.3. The van der Waals surface area contributed by atoms with E-state index in [0.29, 0.717) is 33.8 Å². The quantitative estimate of drug-likeness (QED) is 0.585. The molecule has 4 rings (SSSR count). The van der Waals surface area contributed by atoms with Gasteiger partial charge in [0.1, 0.15) is 12.0 Å². The second kappa shape index (κ2) is 4.82. The van der Waals surface area contributed by atoms with E-state index in [1.165, 1.54) is 13.4 Å². The summed E-state index contributed by atoms with van der Waals surface area (Å²) in [5.74, 6) is -0.207. The molecule has 120 valence electrons. The molecular formula is C15H13N7O2. The number of hydrogen-bond acceptors (Lipinski definition) is 6. The van der Waals surface area contributed by atoms with Crippen molar-refractivity contribution in [3.05, 3.63) is 30.2 Å². The van der Waals surface area contributed by atoms with Crippen molar-refractivity contribution in [1.29, 1.82) is 0 Å². The van der Waals surface area contributed by atoms with Crippen molar-refractivity contribution in [2.24, 2.45) is 0 Å². The summed E-state index contributed by atoms with van der Waals surface area (Å²) in [5.41, 5.74) is 1.75. The van der Waals surface area contributed by atoms with Gasteiger partial charge < -0.3 is 15.6 Å². The fraction of sp³-hybridized carbons (Fsp3) is 0.200. The number of aromatic amines is 1. The average molecular weight is 323 g/mol. The summed E-state index contributed by atoms with van der Waals surface area (Å²) in [6.07, 6.45) is 2.89. The van der Waals surface area contributed by atoms with E-state index in [-0.39, 0.29) is 11.8 Å². The number of carbonyl (C=O) groups is 2. The van der Waals surface area contributed by atoms with Gasteiger partial charge in [-0.1, -0.05) is 0 Å². The molecule has 0 bridgehead atoms. The first-order valence-electron chi connectivity index (χ1n) is 7.25. The molecule has 0 saturated heterocycles. The summed E-state index contributed by atoms with van der Waals surface area (Å²) in [5, 5.41) is 13.0. The van der Waals surface area contributed by atoms with Gasteiger partial charge in [-0.2, -0.15) is 0 Å². The van der Waals surface area contributed by atoms with Gasteiger partial charge in [0.2, 0.25) is 11.8 Å². The summed E-state index contributed by atoms with van der Waals surface area (Å²) < 4.78 is 0. The van der Waals surface area contributed by atoms with Gasteiger partial charge in [0.05, 0.1) is 17.2 Å². The molecule has 1 aliphatic rings. The predicted molar refractivity (Wildman–Crippen MR) is 85.0 cm³/mol. The zero-order chi connectivity index (χ0) is 16.9. The van der Waals surface area contributed by atoms with Gasteiger partial charge in [0, 0.05) is 18.3 Å². The van der Waals surface area contributed by atoms with E-state index in [4.69, 9.17) is 0 Å². The van der Waals surface area contributed by atoms with Crippen LogP contribution in [0.25, 0.3) is 22.6 Å². The first-order chi connectivity index (χ1) is 11.5. The van der Waals surface area contributed by atoms with E-state index in [0.717, 1.165) is 0 Å². The van der Waals surface area contributed by atoms with Gasteiger partial charge >= 0.3 is 0 Å². The third-order valence-electron chi connectivity index (χ3n) is 4.27. The van der Waals surface area contributed by atoms with Gasteiger partial charge in [-0.3, -0.25) is 9.59 Å². The number of likely N-dealkylation sites (N-methyl/N-ethyl adjacent to an activating group) is 1. The third kappa shape index (κ3) is 1.81. The minimum atomic E-state index is -1.28. The summed E-state index contributed by atoms with van der Waals surface area (Å²) in [4.78, 5) is 36.1. The molecule has 3 heterocycles. The Labute approximate surface area is 135 Å². The first-order valence-corrected chi connectivity index (χ1v) is 7.25. The summed E-state index contributed by atoms with van der Waals surface area (Å²) in [6, 6.07) is 3.50. The summed E-state index contributed by atoms with van der Waals surface area (Å²) in [6.45, 7) is 1.60. The predicted octanol–water partition coefficient (Wildman–Crippen LogP) is 0.371. The molecule has 2 amide bonds. The Bertz CT molecular complexity index is 982. The molecule has 0 radical (unpaired) electrons. The highest BCUT2D eigenvalue weighted by atomic mass is 16.2. The fourth-order valence-corrected chi connectivity index (χ4v) is 2.90. The Morgan fingerprint density at radius 2 is 2.17 bits per heavy atom. The van der Waals surface area contributed by atoms with Crippen LogP contribution in [0.5, 0.6) is 0 Å². The zero-order valence-electron chi connectivity index (χ0n) is 12.9. The van der Waals surface area contributed by atoms with E-state index in [1.54, 1.807) is 25.3 Å². The van der Waals surface area contributed by atoms with Crippen LogP contribution >= 0.6 is 0 Å². The Morgan fingerprint density at radius 1 is 1.33 bits per heavy atom. The number of imidazole rings is 1. The van der Waals surface area contributed by atoms with Crippen molar-refractivity contribution in [1.82, 2.24) is 30.5 Å². The van der Waals surface area contributed by atoms with E-state index in [1.807, 2.05) is 0 Å². The average Bonchev–Trinajstić information content (AvgIpc) is 3.13. The smallest absolute Gasteiger partial charge is 0.244 e. The van der Waals surface area contributed by atoms with Crippen LogP contribution in [-0.4, -0.2) is 44.0 Å². The number of nitrogens with zero attached hydrogens (tertiary/aromatic N) is 4. The molecule has 2 aromatic heterocycles. The molecule has 0 spiro atoms. The Hall–Kier alpha value is -3.36. The number of H-pyrrole nitrogens is 1. The molecule has 3 aromatic rings. The lowest BCUT2D eigenvalue weighted by Gasteiger charge is -2.19. The molecule has 9 heteroatoms. The van der Waals surface area contributed by atoms with Crippen LogP contribution in [0.15, 0.2) is 24.7 Å². The number of aromatic nitrogens is 5. The van der Waals surface area contributed by atoms with Crippen molar-refractivity contribution in [3.63, 3.8) is 0 Å². The van der Waals surface area contributed by atoms with Crippen molar-refractivity contribution >= 4 is 28.5 Å². The second-order valence-electron chi connectivity index (χ2n) is 5.65. The maximum Gasteiger partial charge on any atom is 0.244 e. The Kier molecular flexibility index (Phi) is 2.86. The van der Waals surface area contributed by atoms with Crippen LogP contribution < -0.4 is 10.6 Å². The van der Waals surface area contributed by atoms with Gasteiger partial charge in [-0.15, -0.1) is 10.2 Å². The third-order valence-corrected chi connectivity index (χ3v) is 4.27. The number of anilines is 1. The molecule has 1 aromatic carbocycles. The molecular weight excluding hydrogens is 310 g/mol. The van der Waals surface area contributed by atoms with Gasteiger partial charge in [-0.05, 0) is 19.1 Å². The van der Waals surface area contributed by atoms with Crippen LogP contribution in [0.4, 0.5) is 5.69 Å². The topological polar surface area (TPSA) is 126 Å². The van der Waals surface area contributed by atoms with Gasteiger partial charge in [0.25, 0.3) is 0 Å². The van der Waals surface area contributed by atoms with E-state index in [9.17, 15) is 9.59 Å². The molecule has 1 unspecified atom stereocenters. The highest BCUT2D eigenvalue weighted by Gasteiger charge is 2.48. The SMILES string of the molecule is CNC(=O)C1(C)C(=O)Nc2cc3nc(-c4cncnn4)[nH]c3cc21. The van der Waals surface area contributed by atoms with Crippen molar-refractivity contribution in [3.8, 4) is 11.5 Å². The highest BCUT2D eigenvalue weighted by molar-refractivity contribution is 6.21. The molecule has 3 N–H and O–H groups in total. The van der Waals surface area contributed by atoms with Gasteiger partial charge in [0.15, 0.2) is 11.2 Å². The van der Waals surface area contributed by atoms with Crippen LogP contribution in [0.3, 0.4) is 0 Å². The molecule has 0 aliphatic carbocycles. The number of carbonyl (C=O) groups excluding carboxylic acids is 2. The zero-order valence-corrected chi connectivity index (χ0v) is 12.9. The summed E-state index contributed by atoms with van der Waals surface area (Å²) in [7, 11) is 1.51. The number of benzene rings is 1. The van der Waals surface area contributed by atoms with E-state index >= 15 is 0 Å². The van der Waals surface area contributed by atoms with E-state index < -0.39 is 5.41 Å².